The number of benzene rings is 1. The zero-order chi connectivity index (χ0) is 15.6. The van der Waals surface area contributed by atoms with Gasteiger partial charge in [0.25, 0.3) is 0 Å². The van der Waals surface area contributed by atoms with Crippen molar-refractivity contribution >= 4 is 11.0 Å². The van der Waals surface area contributed by atoms with E-state index in [1.54, 1.807) is 19.9 Å². The standard InChI is InChI=1S/C16H24FN3O/c1-5-19(11-16(3,4)21)10-15-18-13-9-12(17)7-8-14(13)20(15)6-2/h7-9,21H,5-6,10-11H2,1-4H3. The normalized spacial score (nSPS) is 12.5. The van der Waals surface area contributed by atoms with Crippen LogP contribution in [-0.4, -0.2) is 38.2 Å². The Balaban J connectivity index is 2.32. The molecule has 4 nitrogen and oxygen atoms in total. The van der Waals surface area contributed by atoms with Crippen molar-refractivity contribution in [1.82, 2.24) is 14.5 Å². The summed E-state index contributed by atoms with van der Waals surface area (Å²) in [6, 6.07) is 4.71. The van der Waals surface area contributed by atoms with Gasteiger partial charge in [-0.05, 0) is 39.4 Å². The first-order valence-electron chi connectivity index (χ1n) is 7.43. The fourth-order valence-electron chi connectivity index (χ4n) is 2.65. The van der Waals surface area contributed by atoms with Gasteiger partial charge in [0.15, 0.2) is 0 Å². The van der Waals surface area contributed by atoms with Gasteiger partial charge < -0.3 is 9.67 Å². The van der Waals surface area contributed by atoms with Crippen LogP contribution >= 0.6 is 0 Å². The highest BCUT2D eigenvalue weighted by atomic mass is 19.1. The molecule has 2 rings (SSSR count). The number of aryl methyl sites for hydroxylation is 1. The van der Waals surface area contributed by atoms with Gasteiger partial charge in [0, 0.05) is 19.2 Å². The van der Waals surface area contributed by atoms with E-state index >= 15 is 0 Å². The van der Waals surface area contributed by atoms with Crippen molar-refractivity contribution in [3.63, 3.8) is 0 Å². The molecule has 0 aliphatic heterocycles. The Hall–Kier alpha value is -1.46. The second-order valence-corrected chi connectivity index (χ2v) is 6.02. The number of rotatable bonds is 6. The smallest absolute Gasteiger partial charge is 0.125 e. The van der Waals surface area contributed by atoms with E-state index in [2.05, 4.69) is 28.3 Å². The van der Waals surface area contributed by atoms with Crippen LogP contribution < -0.4 is 0 Å². The van der Waals surface area contributed by atoms with Gasteiger partial charge in [0.2, 0.25) is 0 Å². The number of hydrogen-bond donors (Lipinski definition) is 1. The van der Waals surface area contributed by atoms with Crippen molar-refractivity contribution in [2.24, 2.45) is 0 Å². The summed E-state index contributed by atoms with van der Waals surface area (Å²) in [6.07, 6.45) is 0. The van der Waals surface area contributed by atoms with E-state index in [9.17, 15) is 9.50 Å². The van der Waals surface area contributed by atoms with Gasteiger partial charge in [-0.15, -0.1) is 0 Å². The maximum atomic E-state index is 13.3. The quantitative estimate of drug-likeness (QED) is 0.890. The van der Waals surface area contributed by atoms with Crippen LogP contribution in [0.4, 0.5) is 4.39 Å². The summed E-state index contributed by atoms with van der Waals surface area (Å²) in [5, 5.41) is 9.98. The fraction of sp³-hybridized carbons (Fsp3) is 0.562. The number of hydrogen-bond acceptors (Lipinski definition) is 3. The second-order valence-electron chi connectivity index (χ2n) is 6.02. The lowest BCUT2D eigenvalue weighted by molar-refractivity contribution is 0.0343. The highest BCUT2D eigenvalue weighted by Gasteiger charge is 2.19. The van der Waals surface area contributed by atoms with E-state index in [1.165, 1.54) is 12.1 Å². The molecule has 0 amide bonds. The summed E-state index contributed by atoms with van der Waals surface area (Å²) >= 11 is 0. The van der Waals surface area contributed by atoms with Crippen LogP contribution in [0.3, 0.4) is 0 Å². The molecular formula is C16H24FN3O. The number of halogens is 1. The molecule has 0 spiro atoms. The van der Waals surface area contributed by atoms with Crippen LogP contribution in [-0.2, 0) is 13.1 Å². The number of aliphatic hydroxyl groups is 1. The highest BCUT2D eigenvalue weighted by molar-refractivity contribution is 5.76. The van der Waals surface area contributed by atoms with Crippen LogP contribution in [0.15, 0.2) is 18.2 Å². The molecule has 1 N–H and O–H groups in total. The first-order valence-corrected chi connectivity index (χ1v) is 7.43. The Bertz CT molecular complexity index is 616. The Kier molecular flexibility index (Phi) is 4.64. The molecule has 5 heteroatoms. The molecule has 116 valence electrons. The molecule has 0 saturated heterocycles. The summed E-state index contributed by atoms with van der Waals surface area (Å²) in [6.45, 7) is 10.5. The average Bonchev–Trinajstić information content (AvgIpc) is 2.72. The minimum absolute atomic E-state index is 0.265. The van der Waals surface area contributed by atoms with Crippen molar-refractivity contribution in [3.05, 3.63) is 29.8 Å². The van der Waals surface area contributed by atoms with Crippen molar-refractivity contribution in [3.8, 4) is 0 Å². The zero-order valence-electron chi connectivity index (χ0n) is 13.2. The fourth-order valence-corrected chi connectivity index (χ4v) is 2.65. The molecule has 1 aromatic carbocycles. The van der Waals surface area contributed by atoms with Crippen molar-refractivity contribution in [1.29, 1.82) is 0 Å². The SMILES string of the molecule is CCN(Cc1nc2cc(F)ccc2n1CC)CC(C)(C)O. The summed E-state index contributed by atoms with van der Waals surface area (Å²) in [4.78, 5) is 6.70. The average molecular weight is 293 g/mol. The van der Waals surface area contributed by atoms with Gasteiger partial charge >= 0.3 is 0 Å². The van der Waals surface area contributed by atoms with Crippen molar-refractivity contribution in [2.45, 2.75) is 46.4 Å². The van der Waals surface area contributed by atoms with Crippen molar-refractivity contribution < 1.29 is 9.50 Å². The summed E-state index contributed by atoms with van der Waals surface area (Å²) in [5.41, 5.74) is 0.893. The first-order chi connectivity index (χ1) is 9.84. The summed E-state index contributed by atoms with van der Waals surface area (Å²) in [5.74, 6) is 0.642. The van der Waals surface area contributed by atoms with Crippen LogP contribution in [0.2, 0.25) is 0 Å². The van der Waals surface area contributed by atoms with Crippen LogP contribution in [0, 0.1) is 5.82 Å². The van der Waals surface area contributed by atoms with Gasteiger partial charge in [-0.3, -0.25) is 4.90 Å². The van der Waals surface area contributed by atoms with Gasteiger partial charge in [0.05, 0.1) is 23.2 Å². The van der Waals surface area contributed by atoms with Gasteiger partial charge in [0.1, 0.15) is 11.6 Å². The van der Waals surface area contributed by atoms with E-state index in [-0.39, 0.29) is 5.82 Å². The minimum atomic E-state index is -0.745. The third-order valence-corrected chi connectivity index (χ3v) is 3.53. The Morgan fingerprint density at radius 3 is 2.62 bits per heavy atom. The monoisotopic (exact) mass is 293 g/mol. The number of aromatic nitrogens is 2. The zero-order valence-corrected chi connectivity index (χ0v) is 13.2. The minimum Gasteiger partial charge on any atom is -0.389 e. The molecule has 0 radical (unpaired) electrons. The van der Waals surface area contributed by atoms with Gasteiger partial charge in [-0.25, -0.2) is 9.37 Å². The van der Waals surface area contributed by atoms with E-state index in [0.29, 0.717) is 18.6 Å². The molecular weight excluding hydrogens is 269 g/mol. The predicted molar refractivity (Wildman–Crippen MR) is 82.6 cm³/mol. The predicted octanol–water partition coefficient (Wildman–Crippen LogP) is 2.79. The topological polar surface area (TPSA) is 41.3 Å². The third kappa shape index (κ3) is 3.80. The summed E-state index contributed by atoms with van der Waals surface area (Å²) in [7, 11) is 0. The van der Waals surface area contributed by atoms with E-state index in [4.69, 9.17) is 0 Å². The molecule has 0 saturated carbocycles. The third-order valence-electron chi connectivity index (χ3n) is 3.53. The molecule has 1 aromatic heterocycles. The number of imidazole rings is 1. The Morgan fingerprint density at radius 2 is 2.05 bits per heavy atom. The van der Waals surface area contributed by atoms with Crippen LogP contribution in [0.5, 0.6) is 0 Å². The lowest BCUT2D eigenvalue weighted by atomic mass is 10.1. The Labute approximate surface area is 125 Å². The van der Waals surface area contributed by atoms with Crippen molar-refractivity contribution in [2.75, 3.05) is 13.1 Å². The molecule has 1 heterocycles. The number of fused-ring (bicyclic) bond motifs is 1. The Morgan fingerprint density at radius 1 is 1.33 bits per heavy atom. The molecule has 2 aromatic rings. The molecule has 0 bridgehead atoms. The molecule has 0 aliphatic carbocycles. The van der Waals surface area contributed by atoms with Crippen LogP contribution in [0.25, 0.3) is 11.0 Å². The van der Waals surface area contributed by atoms with Crippen LogP contribution in [0.1, 0.15) is 33.5 Å². The van der Waals surface area contributed by atoms with E-state index in [1.807, 2.05) is 0 Å². The van der Waals surface area contributed by atoms with Gasteiger partial charge in [-0.1, -0.05) is 6.92 Å². The highest BCUT2D eigenvalue weighted by Crippen LogP contribution is 2.19. The number of nitrogens with zero attached hydrogens (tertiary/aromatic N) is 3. The lowest BCUT2D eigenvalue weighted by Crippen LogP contribution is -2.38. The summed E-state index contributed by atoms with van der Waals surface area (Å²) < 4.78 is 15.4. The molecule has 0 atom stereocenters. The molecule has 0 aliphatic rings. The molecule has 0 unspecified atom stereocenters. The second kappa shape index (κ2) is 6.12. The van der Waals surface area contributed by atoms with Gasteiger partial charge in [-0.2, -0.15) is 0 Å². The maximum absolute atomic E-state index is 13.3. The molecule has 21 heavy (non-hydrogen) atoms. The first kappa shape index (κ1) is 15.9. The lowest BCUT2D eigenvalue weighted by Gasteiger charge is -2.27. The number of likely N-dealkylation sites (N-methyl/N-ethyl adjacent to an activating group) is 1. The van der Waals surface area contributed by atoms with E-state index < -0.39 is 5.60 Å². The van der Waals surface area contributed by atoms with E-state index in [0.717, 1.165) is 24.4 Å². The maximum Gasteiger partial charge on any atom is 0.125 e. The largest absolute Gasteiger partial charge is 0.389 e. The molecule has 0 fully saturated rings.